The number of rotatable bonds is 12. The third-order valence-corrected chi connectivity index (χ3v) is 10.3. The first-order chi connectivity index (χ1) is 20.6. The van der Waals surface area contributed by atoms with E-state index in [4.69, 9.17) is 10.5 Å². The molecule has 44 heavy (non-hydrogen) atoms. The van der Waals surface area contributed by atoms with Crippen LogP contribution in [-0.4, -0.2) is 90.4 Å². The number of amides is 5. The van der Waals surface area contributed by atoms with Crippen LogP contribution in [0.5, 0.6) is 0 Å². The van der Waals surface area contributed by atoms with Crippen LogP contribution in [0.4, 0.5) is 9.59 Å². The van der Waals surface area contributed by atoms with Crippen molar-refractivity contribution in [3.8, 4) is 0 Å². The number of fused-ring (bicyclic) bond motifs is 1. The summed E-state index contributed by atoms with van der Waals surface area (Å²) < 4.78 is 9.75. The zero-order valence-electron chi connectivity index (χ0n) is 26.9. The number of ether oxygens (including phenoxy) is 2. The minimum Gasteiger partial charge on any atom is -0.438 e. The van der Waals surface area contributed by atoms with Gasteiger partial charge in [0.15, 0.2) is 6.10 Å². The second-order valence-corrected chi connectivity index (χ2v) is 14.9. The minimum atomic E-state index is -1.53. The summed E-state index contributed by atoms with van der Waals surface area (Å²) in [6.07, 6.45) is 3.78. The molecular weight excluding hydrogens is 570 g/mol. The molecule has 1 heterocycles. The van der Waals surface area contributed by atoms with Crippen LogP contribution >= 0.6 is 0 Å². The van der Waals surface area contributed by atoms with Gasteiger partial charge in [0.05, 0.1) is 19.2 Å². The highest BCUT2D eigenvalue weighted by Gasteiger charge is 2.70. The Morgan fingerprint density at radius 1 is 1.02 bits per heavy atom. The average molecular weight is 622 g/mol. The van der Waals surface area contributed by atoms with Crippen LogP contribution in [0.2, 0.25) is 0 Å². The first-order valence-electron chi connectivity index (χ1n) is 15.9. The van der Waals surface area contributed by atoms with Gasteiger partial charge in [-0.2, -0.15) is 0 Å². The van der Waals surface area contributed by atoms with Crippen LogP contribution in [-0.2, 0) is 23.9 Å². The monoisotopic (exact) mass is 621 g/mol. The zero-order valence-corrected chi connectivity index (χ0v) is 26.9. The number of piperidine rings is 1. The van der Waals surface area contributed by atoms with E-state index < -0.39 is 59.7 Å². The lowest BCUT2D eigenvalue weighted by molar-refractivity contribution is -0.144. The Hall–Kier alpha value is -3.09. The van der Waals surface area contributed by atoms with Gasteiger partial charge < -0.3 is 41.2 Å². The predicted octanol–water partition coefficient (Wildman–Crippen LogP) is 1.66. The minimum absolute atomic E-state index is 0.0507. The first kappa shape index (κ1) is 33.8. The molecule has 0 bridgehead atoms. The molecule has 1 saturated heterocycles. The largest absolute Gasteiger partial charge is 0.508 e. The Kier molecular flexibility index (Phi) is 10.1. The lowest BCUT2D eigenvalue weighted by Gasteiger charge is -2.38. The molecule has 4 fully saturated rings. The molecule has 5 amide bonds. The van der Waals surface area contributed by atoms with E-state index in [1.807, 2.05) is 20.8 Å². The standard InChI is InChI=1S/C31H51N5O8/c1-30(2,3)24(35-28(41)34-20(15-44-29(42)43-6)17-9-7-8-10-17)27(40)36-14-18-21(31(18,4)5)22(36)26(39)33-19(13-16-11-12-16)23(37)25(32)38/h16-24,37H,7-15H2,1-6H3,(H2,32,38)(H,33,39)(H2,34,35,41)/t18?,19?,20-,21+,22?,23?,24-/m1/s1. The number of methoxy groups -OCH3 is 1. The van der Waals surface area contributed by atoms with Crippen molar-refractivity contribution in [2.45, 2.75) is 110 Å². The van der Waals surface area contributed by atoms with Crippen LogP contribution in [0.1, 0.15) is 79.6 Å². The molecule has 3 saturated carbocycles. The highest BCUT2D eigenvalue weighted by molar-refractivity contribution is 5.94. The van der Waals surface area contributed by atoms with Crippen molar-refractivity contribution in [3.05, 3.63) is 0 Å². The van der Waals surface area contributed by atoms with Gasteiger partial charge in [0.1, 0.15) is 18.7 Å². The SMILES string of the molecule is COC(=O)OC[C@@H](NC(=O)N[C@H](C(=O)N1CC2[C@@H](C1C(=O)NC(CC1CC1)C(O)C(N)=O)C2(C)C)C(C)(C)C)C1CCCC1. The topological polar surface area (TPSA) is 189 Å². The molecule has 4 aliphatic rings. The van der Waals surface area contributed by atoms with Gasteiger partial charge in [-0.15, -0.1) is 0 Å². The predicted molar refractivity (Wildman–Crippen MR) is 160 cm³/mol. The van der Waals surface area contributed by atoms with Crippen LogP contribution in [0.3, 0.4) is 0 Å². The molecule has 0 aromatic carbocycles. The summed E-state index contributed by atoms with van der Waals surface area (Å²) in [5, 5.41) is 19.1. The normalized spacial score (nSPS) is 26.9. The Labute approximate surface area is 259 Å². The van der Waals surface area contributed by atoms with E-state index in [1.165, 1.54) is 7.11 Å². The summed E-state index contributed by atoms with van der Waals surface area (Å²) in [4.78, 5) is 66.4. The van der Waals surface area contributed by atoms with E-state index >= 15 is 0 Å². The van der Waals surface area contributed by atoms with Crippen LogP contribution in [0.15, 0.2) is 0 Å². The molecule has 0 aromatic rings. The van der Waals surface area contributed by atoms with Crippen LogP contribution in [0, 0.1) is 34.5 Å². The van der Waals surface area contributed by atoms with Gasteiger partial charge in [-0.3, -0.25) is 14.4 Å². The lowest BCUT2D eigenvalue weighted by atomic mass is 9.85. The number of urea groups is 1. The maximum Gasteiger partial charge on any atom is 0.508 e. The van der Waals surface area contributed by atoms with E-state index in [9.17, 15) is 29.1 Å². The molecule has 4 rings (SSSR count). The molecule has 6 N–H and O–H groups in total. The molecule has 0 spiro atoms. The maximum absolute atomic E-state index is 14.2. The number of carbonyl (C=O) groups is 5. The van der Waals surface area contributed by atoms with Gasteiger partial charge in [-0.1, -0.05) is 60.3 Å². The van der Waals surface area contributed by atoms with E-state index in [-0.39, 0.29) is 35.7 Å². The molecule has 7 atom stereocenters. The molecule has 13 heteroatoms. The molecular formula is C31H51N5O8. The summed E-state index contributed by atoms with van der Waals surface area (Å²) in [6, 6.07) is -3.65. The van der Waals surface area contributed by atoms with Gasteiger partial charge in [0, 0.05) is 6.54 Å². The molecule has 4 unspecified atom stereocenters. The Morgan fingerprint density at radius 3 is 2.20 bits per heavy atom. The van der Waals surface area contributed by atoms with Gasteiger partial charge in [-0.25, -0.2) is 9.59 Å². The van der Waals surface area contributed by atoms with Crippen LogP contribution < -0.4 is 21.7 Å². The first-order valence-corrected chi connectivity index (χ1v) is 15.9. The quantitative estimate of drug-likeness (QED) is 0.203. The zero-order chi connectivity index (χ0) is 32.6. The van der Waals surface area contributed by atoms with Gasteiger partial charge >= 0.3 is 12.2 Å². The second-order valence-electron chi connectivity index (χ2n) is 14.9. The summed E-state index contributed by atoms with van der Waals surface area (Å²) in [5.74, 6) is -1.30. The van der Waals surface area contributed by atoms with Gasteiger partial charge in [-0.05, 0) is 53.8 Å². The number of aliphatic hydroxyl groups excluding tert-OH is 1. The Bertz CT molecular complexity index is 1110. The van der Waals surface area contributed by atoms with Crippen molar-refractivity contribution in [3.63, 3.8) is 0 Å². The van der Waals surface area contributed by atoms with E-state index in [0.29, 0.717) is 18.9 Å². The number of nitrogens with zero attached hydrogens (tertiary/aromatic N) is 1. The number of likely N-dealkylation sites (tertiary alicyclic amines) is 1. The highest BCUT2D eigenvalue weighted by atomic mass is 16.7. The molecule has 13 nitrogen and oxygen atoms in total. The highest BCUT2D eigenvalue weighted by Crippen LogP contribution is 2.65. The lowest BCUT2D eigenvalue weighted by Crippen LogP contribution is -2.62. The average Bonchev–Trinajstić information content (AvgIpc) is 3.65. The fraction of sp³-hybridized carbons (Fsp3) is 0.839. The summed E-state index contributed by atoms with van der Waals surface area (Å²) in [7, 11) is 1.22. The van der Waals surface area contributed by atoms with Crippen molar-refractivity contribution in [2.24, 2.45) is 40.2 Å². The number of nitrogens with two attached hydrogens (primary N) is 1. The number of nitrogens with one attached hydrogen (secondary N) is 3. The number of primary amides is 1. The van der Waals surface area contributed by atoms with E-state index in [0.717, 1.165) is 38.5 Å². The summed E-state index contributed by atoms with van der Waals surface area (Å²) in [6.45, 7) is 9.96. The molecule has 0 radical (unpaired) electrons. The number of carbonyl (C=O) groups excluding carboxylic acids is 5. The summed E-state index contributed by atoms with van der Waals surface area (Å²) >= 11 is 0. The van der Waals surface area contributed by atoms with Crippen molar-refractivity contribution in [2.75, 3.05) is 20.3 Å². The molecule has 0 aromatic heterocycles. The fourth-order valence-corrected chi connectivity index (χ4v) is 7.29. The Morgan fingerprint density at radius 2 is 1.66 bits per heavy atom. The second kappa shape index (κ2) is 13.1. The maximum atomic E-state index is 14.2. The van der Waals surface area contributed by atoms with Crippen LogP contribution in [0.25, 0.3) is 0 Å². The third-order valence-electron chi connectivity index (χ3n) is 10.3. The molecule has 248 valence electrons. The third kappa shape index (κ3) is 7.58. The molecule has 1 aliphatic heterocycles. The van der Waals surface area contributed by atoms with Crippen molar-refractivity contribution in [1.29, 1.82) is 0 Å². The van der Waals surface area contributed by atoms with Gasteiger partial charge in [0.25, 0.3) is 0 Å². The number of hydrogen-bond donors (Lipinski definition) is 5. The Balaban J connectivity index is 1.49. The van der Waals surface area contributed by atoms with Crippen molar-refractivity contribution >= 4 is 29.9 Å². The van der Waals surface area contributed by atoms with E-state index in [1.54, 1.807) is 4.90 Å². The smallest absolute Gasteiger partial charge is 0.438 e. The fourth-order valence-electron chi connectivity index (χ4n) is 7.29. The number of hydrogen-bond acceptors (Lipinski definition) is 8. The summed E-state index contributed by atoms with van der Waals surface area (Å²) in [5.41, 5.74) is 4.51. The van der Waals surface area contributed by atoms with Gasteiger partial charge in [0.2, 0.25) is 17.7 Å². The van der Waals surface area contributed by atoms with Crippen molar-refractivity contribution in [1.82, 2.24) is 20.9 Å². The van der Waals surface area contributed by atoms with Crippen molar-refractivity contribution < 1.29 is 38.6 Å². The number of aliphatic hydroxyl groups is 1. The molecule has 3 aliphatic carbocycles. The van der Waals surface area contributed by atoms with E-state index in [2.05, 4.69) is 34.5 Å².